The van der Waals surface area contributed by atoms with Crippen LogP contribution in [-0.2, 0) is 11.2 Å². The average Bonchev–Trinajstić information content (AvgIpc) is 2.29. The molecule has 0 radical (unpaired) electrons. The predicted molar refractivity (Wildman–Crippen MR) is 62.3 cm³/mol. The van der Waals surface area contributed by atoms with Crippen LogP contribution in [0.15, 0.2) is 36.5 Å². The van der Waals surface area contributed by atoms with E-state index < -0.39 is 5.97 Å². The number of benzene rings is 1. The molecule has 0 fully saturated rings. The highest BCUT2D eigenvalue weighted by atomic mass is 16.4. The minimum Gasteiger partial charge on any atom is -0.481 e. The number of aryl methyl sites for hydroxylation is 1. The lowest BCUT2D eigenvalue weighted by molar-refractivity contribution is -0.137. The maximum Gasteiger partial charge on any atom is 0.303 e. The highest BCUT2D eigenvalue weighted by molar-refractivity contribution is 5.84. The van der Waals surface area contributed by atoms with Gasteiger partial charge in [0.2, 0.25) is 0 Å². The average molecular weight is 215 g/mol. The number of fused-ring (bicyclic) bond motifs is 1. The van der Waals surface area contributed by atoms with Gasteiger partial charge in [-0.05, 0) is 24.3 Å². The number of hydrogen-bond acceptors (Lipinski definition) is 2. The summed E-state index contributed by atoms with van der Waals surface area (Å²) in [7, 11) is 0. The Morgan fingerprint density at radius 3 is 2.88 bits per heavy atom. The van der Waals surface area contributed by atoms with Crippen LogP contribution in [0.4, 0.5) is 0 Å². The van der Waals surface area contributed by atoms with Crippen LogP contribution in [-0.4, -0.2) is 16.1 Å². The van der Waals surface area contributed by atoms with Gasteiger partial charge in [0.1, 0.15) is 0 Å². The molecule has 1 aromatic heterocycles. The maximum atomic E-state index is 10.4. The zero-order chi connectivity index (χ0) is 11.4. The fourth-order valence-corrected chi connectivity index (χ4v) is 1.79. The molecule has 16 heavy (non-hydrogen) atoms. The number of pyridine rings is 1. The van der Waals surface area contributed by atoms with Crippen molar-refractivity contribution in [1.29, 1.82) is 0 Å². The van der Waals surface area contributed by atoms with Crippen molar-refractivity contribution in [2.45, 2.75) is 19.3 Å². The Bertz CT molecular complexity index is 503. The summed E-state index contributed by atoms with van der Waals surface area (Å²) in [6, 6.07) is 10.0. The van der Waals surface area contributed by atoms with Crippen LogP contribution in [0.25, 0.3) is 10.8 Å². The quantitative estimate of drug-likeness (QED) is 0.852. The highest BCUT2D eigenvalue weighted by Gasteiger charge is 2.03. The molecule has 3 heteroatoms. The molecule has 0 saturated carbocycles. The largest absolute Gasteiger partial charge is 0.481 e. The van der Waals surface area contributed by atoms with Crippen LogP contribution >= 0.6 is 0 Å². The van der Waals surface area contributed by atoms with E-state index in [1.165, 1.54) is 0 Å². The Morgan fingerprint density at radius 2 is 2.06 bits per heavy atom. The molecule has 0 unspecified atom stereocenters. The van der Waals surface area contributed by atoms with Gasteiger partial charge in [0.05, 0.1) is 0 Å². The number of carbonyl (C=O) groups is 1. The Kier molecular flexibility index (Phi) is 3.15. The van der Waals surface area contributed by atoms with E-state index in [9.17, 15) is 4.79 Å². The third-order valence-electron chi connectivity index (χ3n) is 2.56. The molecule has 0 aliphatic rings. The summed E-state index contributed by atoms with van der Waals surface area (Å²) in [5.74, 6) is -0.750. The number of hydrogen-bond donors (Lipinski definition) is 1. The molecule has 0 amide bonds. The van der Waals surface area contributed by atoms with E-state index >= 15 is 0 Å². The summed E-state index contributed by atoms with van der Waals surface area (Å²) >= 11 is 0. The fraction of sp³-hybridized carbons (Fsp3) is 0.231. The molecule has 0 saturated heterocycles. The van der Waals surface area contributed by atoms with Gasteiger partial charge in [-0.25, -0.2) is 0 Å². The van der Waals surface area contributed by atoms with E-state index in [1.807, 2.05) is 30.3 Å². The van der Waals surface area contributed by atoms with Crippen molar-refractivity contribution in [3.63, 3.8) is 0 Å². The first-order chi connectivity index (χ1) is 7.77. The minimum absolute atomic E-state index is 0.199. The van der Waals surface area contributed by atoms with Crippen molar-refractivity contribution < 1.29 is 9.90 Å². The predicted octanol–water partition coefficient (Wildman–Crippen LogP) is 2.64. The summed E-state index contributed by atoms with van der Waals surface area (Å²) in [6.07, 6.45) is 3.33. The van der Waals surface area contributed by atoms with Gasteiger partial charge in [-0.3, -0.25) is 9.78 Å². The summed E-state index contributed by atoms with van der Waals surface area (Å²) in [4.78, 5) is 14.7. The summed E-state index contributed by atoms with van der Waals surface area (Å²) in [5.41, 5.74) is 0.986. The van der Waals surface area contributed by atoms with Crippen molar-refractivity contribution in [2.24, 2.45) is 0 Å². The van der Waals surface area contributed by atoms with E-state index in [-0.39, 0.29) is 6.42 Å². The molecule has 2 rings (SSSR count). The van der Waals surface area contributed by atoms with E-state index in [0.29, 0.717) is 12.8 Å². The maximum absolute atomic E-state index is 10.4. The Morgan fingerprint density at radius 1 is 1.25 bits per heavy atom. The Hall–Kier alpha value is -1.90. The summed E-state index contributed by atoms with van der Waals surface area (Å²) in [6.45, 7) is 0. The van der Waals surface area contributed by atoms with Crippen molar-refractivity contribution in [3.8, 4) is 0 Å². The van der Waals surface area contributed by atoms with E-state index in [2.05, 4.69) is 4.98 Å². The van der Waals surface area contributed by atoms with Gasteiger partial charge < -0.3 is 5.11 Å². The van der Waals surface area contributed by atoms with Crippen LogP contribution < -0.4 is 0 Å². The first-order valence-corrected chi connectivity index (χ1v) is 5.32. The Labute approximate surface area is 93.7 Å². The van der Waals surface area contributed by atoms with Gasteiger partial charge in [0.25, 0.3) is 0 Å². The Balaban J connectivity index is 2.20. The molecule has 3 nitrogen and oxygen atoms in total. The minimum atomic E-state index is -0.750. The van der Waals surface area contributed by atoms with Gasteiger partial charge in [0.15, 0.2) is 0 Å². The van der Waals surface area contributed by atoms with Gasteiger partial charge in [-0.2, -0.15) is 0 Å². The molecule has 82 valence electrons. The molecular formula is C13H13NO2. The molecule has 1 heterocycles. The van der Waals surface area contributed by atoms with Crippen molar-refractivity contribution in [3.05, 3.63) is 42.2 Å². The molecule has 0 bridgehead atoms. The van der Waals surface area contributed by atoms with Gasteiger partial charge >= 0.3 is 5.97 Å². The smallest absolute Gasteiger partial charge is 0.303 e. The van der Waals surface area contributed by atoms with Gasteiger partial charge in [0, 0.05) is 23.7 Å². The first-order valence-electron chi connectivity index (χ1n) is 5.32. The van der Waals surface area contributed by atoms with Crippen molar-refractivity contribution in [1.82, 2.24) is 4.98 Å². The molecule has 1 aromatic carbocycles. The number of aliphatic carboxylic acids is 1. The first kappa shape index (κ1) is 10.6. The zero-order valence-corrected chi connectivity index (χ0v) is 8.89. The van der Waals surface area contributed by atoms with E-state index in [1.54, 1.807) is 6.20 Å². The second-order valence-electron chi connectivity index (χ2n) is 3.73. The third kappa shape index (κ3) is 2.37. The number of carboxylic acids is 1. The lowest BCUT2D eigenvalue weighted by atomic mass is 10.1. The summed E-state index contributed by atoms with van der Waals surface area (Å²) in [5, 5.41) is 10.9. The van der Waals surface area contributed by atoms with E-state index in [0.717, 1.165) is 16.5 Å². The van der Waals surface area contributed by atoms with Crippen LogP contribution in [0.5, 0.6) is 0 Å². The standard InChI is InChI=1S/C13H13NO2/c15-13(16)7-3-6-12-11-5-2-1-4-10(11)8-9-14-12/h1-2,4-5,8-9H,3,6-7H2,(H,15,16). The van der Waals surface area contributed by atoms with Crippen molar-refractivity contribution in [2.75, 3.05) is 0 Å². The van der Waals surface area contributed by atoms with Crippen LogP contribution in [0.3, 0.4) is 0 Å². The summed E-state index contributed by atoms with van der Waals surface area (Å²) < 4.78 is 0. The van der Waals surface area contributed by atoms with Crippen LogP contribution in [0, 0.1) is 0 Å². The lowest BCUT2D eigenvalue weighted by Gasteiger charge is -2.04. The van der Waals surface area contributed by atoms with Crippen LogP contribution in [0.1, 0.15) is 18.5 Å². The fourth-order valence-electron chi connectivity index (χ4n) is 1.79. The monoisotopic (exact) mass is 215 g/mol. The third-order valence-corrected chi connectivity index (χ3v) is 2.56. The second kappa shape index (κ2) is 4.75. The lowest BCUT2D eigenvalue weighted by Crippen LogP contribution is -1.97. The molecule has 0 aliphatic carbocycles. The van der Waals surface area contributed by atoms with Crippen molar-refractivity contribution >= 4 is 16.7 Å². The van der Waals surface area contributed by atoms with Gasteiger partial charge in [-0.15, -0.1) is 0 Å². The molecule has 1 N–H and O–H groups in total. The highest BCUT2D eigenvalue weighted by Crippen LogP contribution is 2.17. The molecular weight excluding hydrogens is 202 g/mol. The number of aromatic nitrogens is 1. The molecule has 2 aromatic rings. The van der Waals surface area contributed by atoms with E-state index in [4.69, 9.17) is 5.11 Å². The second-order valence-corrected chi connectivity index (χ2v) is 3.73. The normalized spacial score (nSPS) is 10.5. The SMILES string of the molecule is O=C(O)CCCc1nccc2ccccc12. The number of rotatable bonds is 4. The van der Waals surface area contributed by atoms with Gasteiger partial charge in [-0.1, -0.05) is 24.3 Å². The topological polar surface area (TPSA) is 50.2 Å². The van der Waals surface area contributed by atoms with Crippen LogP contribution in [0.2, 0.25) is 0 Å². The molecule has 0 atom stereocenters. The molecule has 0 aliphatic heterocycles. The number of carboxylic acid groups (broad SMARTS) is 1. The number of nitrogens with zero attached hydrogens (tertiary/aromatic N) is 1. The molecule has 0 spiro atoms. The zero-order valence-electron chi connectivity index (χ0n) is 8.89.